The Morgan fingerprint density at radius 2 is 1.96 bits per heavy atom. The highest BCUT2D eigenvalue weighted by atomic mass is 32.2. The number of rotatable bonds is 7. The third kappa shape index (κ3) is 5.16. The highest BCUT2D eigenvalue weighted by molar-refractivity contribution is 8.00. The fourth-order valence-corrected chi connectivity index (χ4v) is 4.65. The summed E-state index contributed by atoms with van der Waals surface area (Å²) in [7, 11) is 0. The van der Waals surface area contributed by atoms with Gasteiger partial charge in [0, 0.05) is 12.6 Å². The molecule has 0 radical (unpaired) electrons. The van der Waals surface area contributed by atoms with E-state index < -0.39 is 0 Å². The normalized spacial score (nSPS) is 16.6. The first kappa shape index (κ1) is 20.9. The molecule has 1 aliphatic carbocycles. The van der Waals surface area contributed by atoms with E-state index in [-0.39, 0.29) is 22.8 Å². The van der Waals surface area contributed by atoms with E-state index in [1.165, 1.54) is 37.4 Å². The number of hydrogen-bond donors (Lipinski definition) is 1. The van der Waals surface area contributed by atoms with Crippen LogP contribution in [0.4, 0.5) is 0 Å². The van der Waals surface area contributed by atoms with Crippen molar-refractivity contribution in [1.82, 2.24) is 14.9 Å². The van der Waals surface area contributed by atoms with Crippen LogP contribution in [0.3, 0.4) is 0 Å². The van der Waals surface area contributed by atoms with E-state index in [0.29, 0.717) is 22.6 Å². The van der Waals surface area contributed by atoms with Crippen LogP contribution < -0.4 is 10.9 Å². The van der Waals surface area contributed by atoms with Crippen molar-refractivity contribution in [3.05, 3.63) is 34.6 Å². The fraction of sp³-hybridized carbons (Fsp3) is 0.591. The van der Waals surface area contributed by atoms with Crippen LogP contribution in [0.15, 0.2) is 34.2 Å². The number of hydrogen-bond acceptors (Lipinski definition) is 4. The molecule has 1 N–H and O–H groups in total. The molecule has 1 amide bonds. The standard InChI is InChI=1S/C22H31N3O2S/c1-3-4-15-25-21(27)18-13-9-10-14-19(18)24-22(25)28-16(2)20(26)23-17-11-7-5-6-8-12-17/h9-10,13-14,16-17H,3-8,11-12,15H2,1-2H3,(H,23,26). The van der Waals surface area contributed by atoms with E-state index in [2.05, 4.69) is 12.2 Å². The molecule has 2 aromatic rings. The van der Waals surface area contributed by atoms with Crippen molar-refractivity contribution in [2.75, 3.05) is 0 Å². The number of benzene rings is 1. The van der Waals surface area contributed by atoms with Crippen LogP contribution in [0.5, 0.6) is 0 Å². The number of aromatic nitrogens is 2. The molecular weight excluding hydrogens is 370 g/mol. The first-order chi connectivity index (χ1) is 13.6. The molecule has 1 atom stereocenters. The van der Waals surface area contributed by atoms with Crippen LogP contribution >= 0.6 is 11.8 Å². The molecular formula is C22H31N3O2S. The fourth-order valence-electron chi connectivity index (χ4n) is 3.70. The van der Waals surface area contributed by atoms with E-state index >= 15 is 0 Å². The molecule has 28 heavy (non-hydrogen) atoms. The second-order valence-electron chi connectivity index (χ2n) is 7.68. The van der Waals surface area contributed by atoms with Crippen molar-refractivity contribution in [3.8, 4) is 0 Å². The molecule has 5 nitrogen and oxygen atoms in total. The summed E-state index contributed by atoms with van der Waals surface area (Å²) in [5.74, 6) is 0.0429. The van der Waals surface area contributed by atoms with Gasteiger partial charge < -0.3 is 5.32 Å². The van der Waals surface area contributed by atoms with Crippen LogP contribution in [0.1, 0.15) is 65.2 Å². The molecule has 3 rings (SSSR count). The van der Waals surface area contributed by atoms with Crippen molar-refractivity contribution in [2.24, 2.45) is 0 Å². The number of thioether (sulfide) groups is 1. The minimum atomic E-state index is -0.288. The highest BCUT2D eigenvalue weighted by Gasteiger charge is 2.22. The summed E-state index contributed by atoms with van der Waals surface area (Å²) < 4.78 is 1.74. The SMILES string of the molecule is CCCCn1c(SC(C)C(=O)NC2CCCCCC2)nc2ccccc2c1=O. The van der Waals surface area contributed by atoms with Gasteiger partial charge >= 0.3 is 0 Å². The van der Waals surface area contributed by atoms with Gasteiger partial charge in [0.25, 0.3) is 5.56 Å². The van der Waals surface area contributed by atoms with Gasteiger partial charge in [-0.1, -0.05) is 62.9 Å². The largest absolute Gasteiger partial charge is 0.352 e. The lowest BCUT2D eigenvalue weighted by atomic mass is 10.1. The third-order valence-electron chi connectivity index (χ3n) is 5.41. The second kappa shape index (κ2) is 10.1. The Bertz CT molecular complexity index is 856. The maximum Gasteiger partial charge on any atom is 0.262 e. The topological polar surface area (TPSA) is 64.0 Å². The van der Waals surface area contributed by atoms with E-state index in [0.717, 1.165) is 25.7 Å². The summed E-state index contributed by atoms with van der Waals surface area (Å²) in [6, 6.07) is 7.72. The smallest absolute Gasteiger partial charge is 0.262 e. The lowest BCUT2D eigenvalue weighted by Gasteiger charge is -2.20. The van der Waals surface area contributed by atoms with E-state index in [4.69, 9.17) is 4.98 Å². The maximum absolute atomic E-state index is 13.0. The second-order valence-corrected chi connectivity index (χ2v) is 8.99. The molecule has 152 valence electrons. The zero-order chi connectivity index (χ0) is 19.9. The molecule has 0 spiro atoms. The minimum absolute atomic E-state index is 0.0158. The molecule has 1 heterocycles. The number of carbonyl (C=O) groups excluding carboxylic acids is 1. The maximum atomic E-state index is 13.0. The Morgan fingerprint density at radius 1 is 1.25 bits per heavy atom. The number of nitrogens with one attached hydrogen (secondary N) is 1. The number of unbranched alkanes of at least 4 members (excludes halogenated alkanes) is 1. The Hall–Kier alpha value is -1.82. The van der Waals surface area contributed by atoms with Crippen LogP contribution in [0, 0.1) is 0 Å². The first-order valence-electron chi connectivity index (χ1n) is 10.6. The number of nitrogens with zero attached hydrogens (tertiary/aromatic N) is 2. The molecule has 1 fully saturated rings. The quantitative estimate of drug-likeness (QED) is 0.421. The molecule has 6 heteroatoms. The van der Waals surface area contributed by atoms with Crippen LogP contribution in [-0.4, -0.2) is 26.8 Å². The average Bonchev–Trinajstić information content (AvgIpc) is 2.96. The molecule has 1 aromatic heterocycles. The Morgan fingerprint density at radius 3 is 2.68 bits per heavy atom. The zero-order valence-corrected chi connectivity index (χ0v) is 17.8. The Labute approximate surface area is 171 Å². The molecule has 1 aromatic carbocycles. The van der Waals surface area contributed by atoms with Crippen LogP contribution in [0.2, 0.25) is 0 Å². The number of fused-ring (bicyclic) bond motifs is 1. The van der Waals surface area contributed by atoms with Crippen molar-refractivity contribution in [2.45, 2.75) is 88.2 Å². The van der Waals surface area contributed by atoms with Crippen molar-refractivity contribution in [1.29, 1.82) is 0 Å². The lowest BCUT2D eigenvalue weighted by Crippen LogP contribution is -2.39. The van der Waals surface area contributed by atoms with Crippen molar-refractivity contribution >= 4 is 28.6 Å². The lowest BCUT2D eigenvalue weighted by molar-refractivity contribution is -0.121. The van der Waals surface area contributed by atoms with Gasteiger partial charge in [0.15, 0.2) is 5.16 Å². The van der Waals surface area contributed by atoms with Crippen LogP contribution in [-0.2, 0) is 11.3 Å². The first-order valence-corrected chi connectivity index (χ1v) is 11.4. The molecule has 0 aliphatic heterocycles. The number of amides is 1. The van der Waals surface area contributed by atoms with E-state index in [1.807, 2.05) is 31.2 Å². The Kier molecular flexibility index (Phi) is 7.54. The van der Waals surface area contributed by atoms with Gasteiger partial charge in [-0.2, -0.15) is 0 Å². The van der Waals surface area contributed by atoms with Crippen molar-refractivity contribution in [3.63, 3.8) is 0 Å². The summed E-state index contributed by atoms with van der Waals surface area (Å²) in [6.45, 7) is 4.64. The summed E-state index contributed by atoms with van der Waals surface area (Å²) in [5, 5.41) is 4.21. The van der Waals surface area contributed by atoms with E-state index in [9.17, 15) is 9.59 Å². The number of carbonyl (C=O) groups is 1. The van der Waals surface area contributed by atoms with Gasteiger partial charge in [0.2, 0.25) is 5.91 Å². The van der Waals surface area contributed by atoms with Gasteiger partial charge in [-0.3, -0.25) is 14.2 Å². The van der Waals surface area contributed by atoms with Crippen molar-refractivity contribution < 1.29 is 4.79 Å². The highest BCUT2D eigenvalue weighted by Crippen LogP contribution is 2.24. The molecule has 0 saturated heterocycles. The van der Waals surface area contributed by atoms with Gasteiger partial charge in [0.1, 0.15) is 0 Å². The predicted octanol–water partition coefficient (Wildman–Crippen LogP) is 4.52. The molecule has 1 saturated carbocycles. The third-order valence-corrected chi connectivity index (χ3v) is 6.50. The predicted molar refractivity (Wildman–Crippen MR) is 116 cm³/mol. The number of para-hydroxylation sites is 1. The monoisotopic (exact) mass is 401 g/mol. The average molecular weight is 402 g/mol. The van der Waals surface area contributed by atoms with Gasteiger partial charge in [-0.15, -0.1) is 0 Å². The summed E-state index contributed by atoms with van der Waals surface area (Å²) in [4.78, 5) is 30.4. The summed E-state index contributed by atoms with van der Waals surface area (Å²) >= 11 is 1.39. The molecule has 1 aliphatic rings. The molecule has 1 unspecified atom stereocenters. The Balaban J connectivity index is 1.79. The van der Waals surface area contributed by atoms with Crippen LogP contribution in [0.25, 0.3) is 10.9 Å². The summed E-state index contributed by atoms with van der Waals surface area (Å²) in [5.41, 5.74) is 0.678. The van der Waals surface area contributed by atoms with Gasteiger partial charge in [-0.05, 0) is 38.3 Å². The zero-order valence-electron chi connectivity index (χ0n) is 16.9. The van der Waals surface area contributed by atoms with Gasteiger partial charge in [0.05, 0.1) is 16.2 Å². The minimum Gasteiger partial charge on any atom is -0.352 e. The summed E-state index contributed by atoms with van der Waals surface area (Å²) in [6.07, 6.45) is 8.96. The van der Waals surface area contributed by atoms with Gasteiger partial charge in [-0.25, -0.2) is 4.98 Å². The van der Waals surface area contributed by atoms with E-state index in [1.54, 1.807) is 4.57 Å². The molecule has 0 bridgehead atoms.